The second kappa shape index (κ2) is 9.92. The number of nitrogens with zero attached hydrogens (tertiary/aromatic N) is 2. The summed E-state index contributed by atoms with van der Waals surface area (Å²) >= 11 is 0. The van der Waals surface area contributed by atoms with Gasteiger partial charge >= 0.3 is 0 Å². The van der Waals surface area contributed by atoms with E-state index in [1.165, 1.54) is 0 Å². The Morgan fingerprint density at radius 2 is 1.74 bits per heavy atom. The number of fused-ring (bicyclic) bond motifs is 3. The molecule has 8 nitrogen and oxygen atoms in total. The first-order chi connectivity index (χ1) is 18.5. The smallest absolute Gasteiger partial charge is 0.211 e. The molecule has 3 aromatic carbocycles. The minimum atomic E-state index is -3.48. The van der Waals surface area contributed by atoms with Crippen molar-refractivity contribution in [1.82, 2.24) is 15.3 Å². The summed E-state index contributed by atoms with van der Waals surface area (Å²) in [7, 11) is -3.48. The first kappa shape index (κ1) is 24.1. The molecule has 6 rings (SSSR count). The average Bonchev–Trinajstić information content (AvgIpc) is 3.32. The number of amides is 1. The van der Waals surface area contributed by atoms with Crippen molar-refractivity contribution in [3.63, 3.8) is 0 Å². The quantitative estimate of drug-likeness (QED) is 0.273. The highest BCUT2D eigenvalue weighted by Gasteiger charge is 2.23. The van der Waals surface area contributed by atoms with E-state index in [1.54, 1.807) is 24.3 Å². The molecule has 9 heteroatoms. The fourth-order valence-electron chi connectivity index (χ4n) is 5.15. The Balaban J connectivity index is 1.51. The van der Waals surface area contributed by atoms with Gasteiger partial charge in [-0.15, -0.1) is 0 Å². The molecule has 1 amide bonds. The van der Waals surface area contributed by atoms with Crippen molar-refractivity contribution in [3.05, 3.63) is 84.6 Å². The number of aromatic nitrogens is 2. The number of nitrogens with one attached hydrogen (secondary N) is 3. The maximum Gasteiger partial charge on any atom is 0.211 e. The van der Waals surface area contributed by atoms with Crippen LogP contribution in [0, 0.1) is 0 Å². The molecule has 2 aromatic heterocycles. The molecule has 3 N–H and O–H groups in total. The van der Waals surface area contributed by atoms with Crippen molar-refractivity contribution in [2.75, 3.05) is 36.4 Å². The second-order valence-corrected chi connectivity index (χ2v) is 11.4. The van der Waals surface area contributed by atoms with Crippen molar-refractivity contribution in [2.45, 2.75) is 10.6 Å². The monoisotopic (exact) mass is 525 g/mol. The molecule has 1 aliphatic heterocycles. The van der Waals surface area contributed by atoms with Crippen LogP contribution in [0.25, 0.3) is 33.1 Å². The number of benzene rings is 3. The topological polar surface area (TPSA) is 107 Å². The lowest BCUT2D eigenvalue weighted by atomic mass is 10.0. The third-order valence-electron chi connectivity index (χ3n) is 6.97. The van der Waals surface area contributed by atoms with E-state index in [2.05, 4.69) is 20.5 Å². The number of pyridine rings is 1. The number of anilines is 2. The van der Waals surface area contributed by atoms with Crippen LogP contribution in [0.15, 0.2) is 83.9 Å². The van der Waals surface area contributed by atoms with Crippen molar-refractivity contribution in [3.8, 4) is 11.1 Å². The van der Waals surface area contributed by atoms with Crippen LogP contribution in [0.3, 0.4) is 0 Å². The third-order valence-corrected chi connectivity index (χ3v) is 8.68. The van der Waals surface area contributed by atoms with Gasteiger partial charge in [-0.25, -0.2) is 13.4 Å². The summed E-state index contributed by atoms with van der Waals surface area (Å²) in [5, 5.41) is 8.03. The number of carbonyl (C=O) groups excluding carboxylic acids is 1. The molecule has 0 unspecified atom stereocenters. The van der Waals surface area contributed by atoms with Gasteiger partial charge in [0.2, 0.25) is 6.41 Å². The molecule has 1 aliphatic rings. The molecule has 5 aromatic rings. The Kier molecular flexibility index (Phi) is 6.30. The van der Waals surface area contributed by atoms with E-state index in [0.29, 0.717) is 11.3 Å². The SMILES string of the molecule is O=CNc1ccc(-c2cnc3[nH]c4ccc(CS(=O)(=O)c5ccccc5)cc4c3c2N2CCNCC2)cc1. The van der Waals surface area contributed by atoms with Crippen LogP contribution in [-0.2, 0) is 20.4 Å². The van der Waals surface area contributed by atoms with Crippen LogP contribution >= 0.6 is 0 Å². The third kappa shape index (κ3) is 4.51. The summed E-state index contributed by atoms with van der Waals surface area (Å²) in [5.41, 5.74) is 6.16. The number of H-pyrrole nitrogens is 1. The van der Waals surface area contributed by atoms with Crippen LogP contribution in [0.5, 0.6) is 0 Å². The number of hydrogen-bond acceptors (Lipinski definition) is 6. The largest absolute Gasteiger partial charge is 0.368 e. The zero-order valence-electron chi connectivity index (χ0n) is 20.6. The van der Waals surface area contributed by atoms with Gasteiger partial charge in [-0.3, -0.25) is 4.79 Å². The standard InChI is InChI=1S/C29H27N5O3S/c35-19-32-22-9-7-21(8-10-22)25-17-31-29-27(28(25)34-14-12-30-13-15-34)24-16-20(6-11-26(24)33-29)18-38(36,37)23-4-2-1-3-5-23/h1-11,16-17,19,30H,12-15,18H2,(H,31,33)(H,32,35). The van der Waals surface area contributed by atoms with Gasteiger partial charge in [0.1, 0.15) is 5.65 Å². The molecule has 38 heavy (non-hydrogen) atoms. The van der Waals surface area contributed by atoms with Crippen molar-refractivity contribution >= 4 is 49.6 Å². The first-order valence-electron chi connectivity index (χ1n) is 12.5. The molecule has 0 spiro atoms. The van der Waals surface area contributed by atoms with Crippen LogP contribution in [0.1, 0.15) is 5.56 Å². The Labute approximate surface area is 220 Å². The van der Waals surface area contributed by atoms with E-state index < -0.39 is 9.84 Å². The second-order valence-electron chi connectivity index (χ2n) is 9.40. The molecule has 0 saturated carbocycles. The van der Waals surface area contributed by atoms with E-state index in [4.69, 9.17) is 4.98 Å². The summed E-state index contributed by atoms with van der Waals surface area (Å²) in [6.07, 6.45) is 2.55. The fraction of sp³-hybridized carbons (Fsp3) is 0.172. The van der Waals surface area contributed by atoms with Crippen LogP contribution < -0.4 is 15.5 Å². The van der Waals surface area contributed by atoms with Crippen LogP contribution in [0.2, 0.25) is 0 Å². The lowest BCUT2D eigenvalue weighted by Gasteiger charge is -2.32. The lowest BCUT2D eigenvalue weighted by molar-refractivity contribution is -0.105. The summed E-state index contributed by atoms with van der Waals surface area (Å²) in [6, 6.07) is 22.0. The number of carbonyl (C=O) groups is 1. The van der Waals surface area contributed by atoms with Gasteiger partial charge in [-0.1, -0.05) is 36.4 Å². The molecule has 3 heterocycles. The highest BCUT2D eigenvalue weighted by Crippen LogP contribution is 2.41. The van der Waals surface area contributed by atoms with Gasteiger partial charge < -0.3 is 20.5 Å². The number of sulfone groups is 1. The Hall–Kier alpha value is -4.21. The summed E-state index contributed by atoms with van der Waals surface area (Å²) in [4.78, 5) is 21.7. The molecule has 0 aliphatic carbocycles. The Bertz CT molecular complexity index is 1730. The Morgan fingerprint density at radius 1 is 0.974 bits per heavy atom. The number of aromatic amines is 1. The van der Waals surface area contributed by atoms with E-state index in [9.17, 15) is 13.2 Å². The van der Waals surface area contributed by atoms with E-state index in [0.717, 1.165) is 76.2 Å². The van der Waals surface area contributed by atoms with Gasteiger partial charge in [-0.05, 0) is 47.5 Å². The van der Waals surface area contributed by atoms with Gasteiger partial charge in [0.05, 0.1) is 21.7 Å². The van der Waals surface area contributed by atoms with Crippen molar-refractivity contribution in [1.29, 1.82) is 0 Å². The fourth-order valence-corrected chi connectivity index (χ4v) is 6.51. The molecule has 0 bridgehead atoms. The zero-order chi connectivity index (χ0) is 26.1. The number of piperazine rings is 1. The summed E-state index contributed by atoms with van der Waals surface area (Å²) in [6.45, 7) is 3.42. The van der Waals surface area contributed by atoms with E-state index in [1.807, 2.05) is 54.7 Å². The highest BCUT2D eigenvalue weighted by atomic mass is 32.2. The van der Waals surface area contributed by atoms with E-state index >= 15 is 0 Å². The molecule has 0 radical (unpaired) electrons. The molecule has 192 valence electrons. The van der Waals surface area contributed by atoms with Crippen LogP contribution in [-0.4, -0.2) is 51.0 Å². The molecular formula is C29H27N5O3S. The number of hydrogen-bond donors (Lipinski definition) is 3. The number of rotatable bonds is 7. The van der Waals surface area contributed by atoms with Gasteiger partial charge in [0.15, 0.2) is 9.84 Å². The minimum absolute atomic E-state index is 0.0824. The molecule has 0 atom stereocenters. The highest BCUT2D eigenvalue weighted by molar-refractivity contribution is 7.90. The van der Waals surface area contributed by atoms with Crippen molar-refractivity contribution in [2.24, 2.45) is 0 Å². The van der Waals surface area contributed by atoms with Crippen LogP contribution in [0.4, 0.5) is 11.4 Å². The molecular weight excluding hydrogens is 498 g/mol. The zero-order valence-corrected chi connectivity index (χ0v) is 21.5. The van der Waals surface area contributed by atoms with Crippen molar-refractivity contribution < 1.29 is 13.2 Å². The van der Waals surface area contributed by atoms with Gasteiger partial charge in [0, 0.05) is 54.5 Å². The predicted octanol–water partition coefficient (Wildman–Crippen LogP) is 4.33. The molecule has 1 fully saturated rings. The predicted molar refractivity (Wildman–Crippen MR) is 151 cm³/mol. The Morgan fingerprint density at radius 3 is 2.47 bits per heavy atom. The molecule has 1 saturated heterocycles. The minimum Gasteiger partial charge on any atom is -0.368 e. The normalized spacial score (nSPS) is 14.2. The summed E-state index contributed by atoms with van der Waals surface area (Å²) in [5.74, 6) is -0.0824. The summed E-state index contributed by atoms with van der Waals surface area (Å²) < 4.78 is 26.2. The van der Waals surface area contributed by atoms with Gasteiger partial charge in [0.25, 0.3) is 0 Å². The lowest BCUT2D eigenvalue weighted by Crippen LogP contribution is -2.43. The van der Waals surface area contributed by atoms with Gasteiger partial charge in [-0.2, -0.15) is 0 Å². The van der Waals surface area contributed by atoms with E-state index in [-0.39, 0.29) is 5.75 Å². The first-order valence-corrected chi connectivity index (χ1v) is 14.2. The maximum atomic E-state index is 13.1. The maximum absolute atomic E-state index is 13.1. The average molecular weight is 526 g/mol.